The number of nitrogens with zero attached hydrogens (tertiary/aromatic N) is 2. The van der Waals surface area contributed by atoms with Gasteiger partial charge in [-0.25, -0.2) is 0 Å². The van der Waals surface area contributed by atoms with E-state index in [9.17, 15) is 9.90 Å². The molecule has 1 atom stereocenters. The van der Waals surface area contributed by atoms with E-state index in [0.717, 1.165) is 44.6 Å². The fraction of sp³-hybridized carbons (Fsp3) is 0.650. The zero-order valence-corrected chi connectivity index (χ0v) is 15.1. The Morgan fingerprint density at radius 1 is 1.08 bits per heavy atom. The van der Waals surface area contributed by atoms with Gasteiger partial charge in [0.05, 0.1) is 0 Å². The lowest BCUT2D eigenvalue weighted by Gasteiger charge is -2.31. The van der Waals surface area contributed by atoms with Crippen molar-refractivity contribution in [3.63, 3.8) is 0 Å². The highest BCUT2D eigenvalue weighted by atomic mass is 16.3. The van der Waals surface area contributed by atoms with Crippen LogP contribution in [0.2, 0.25) is 0 Å². The topological polar surface area (TPSA) is 55.8 Å². The molecule has 2 saturated heterocycles. The van der Waals surface area contributed by atoms with Gasteiger partial charge in [0.2, 0.25) is 0 Å². The molecule has 0 bridgehead atoms. The minimum Gasteiger partial charge on any atom is -0.396 e. The molecular weight excluding hydrogens is 314 g/mol. The van der Waals surface area contributed by atoms with Crippen LogP contribution in [0.15, 0.2) is 24.3 Å². The molecule has 1 amide bonds. The smallest absolute Gasteiger partial charge is 0.251 e. The first-order valence-corrected chi connectivity index (χ1v) is 9.67. The van der Waals surface area contributed by atoms with Crippen molar-refractivity contribution in [1.82, 2.24) is 15.1 Å². The minimum absolute atomic E-state index is 0.00319. The Morgan fingerprint density at radius 3 is 2.52 bits per heavy atom. The molecule has 0 saturated carbocycles. The van der Waals surface area contributed by atoms with Crippen molar-refractivity contribution in [3.05, 3.63) is 35.4 Å². The summed E-state index contributed by atoms with van der Waals surface area (Å²) in [6, 6.07) is 8.01. The highest BCUT2D eigenvalue weighted by Crippen LogP contribution is 2.15. The summed E-state index contributed by atoms with van der Waals surface area (Å²) in [5.74, 6) is 0.399. The summed E-state index contributed by atoms with van der Waals surface area (Å²) in [5, 5.41) is 12.3. The number of aliphatic hydroxyl groups is 1. The van der Waals surface area contributed by atoms with Crippen LogP contribution in [0.1, 0.15) is 41.6 Å². The Balaban J connectivity index is 1.40. The standard InChI is InChI=1S/C20H31N3O2/c24-16-18-4-3-12-23(15-18)13-9-21-20(25)19-7-5-17(6-8-19)14-22-10-1-2-11-22/h5-8,18,24H,1-4,9-16H2,(H,21,25)/t18-/m1/s1. The lowest BCUT2D eigenvalue weighted by Crippen LogP contribution is -2.41. The van der Waals surface area contributed by atoms with Gasteiger partial charge in [-0.2, -0.15) is 0 Å². The lowest BCUT2D eigenvalue weighted by atomic mass is 9.99. The van der Waals surface area contributed by atoms with E-state index in [1.807, 2.05) is 12.1 Å². The van der Waals surface area contributed by atoms with Gasteiger partial charge in [0.1, 0.15) is 0 Å². The monoisotopic (exact) mass is 345 g/mol. The first-order chi connectivity index (χ1) is 12.2. The van der Waals surface area contributed by atoms with E-state index in [1.165, 1.54) is 31.5 Å². The molecule has 0 radical (unpaired) electrons. The van der Waals surface area contributed by atoms with E-state index < -0.39 is 0 Å². The van der Waals surface area contributed by atoms with Crippen LogP contribution in [-0.4, -0.2) is 66.7 Å². The maximum Gasteiger partial charge on any atom is 0.251 e. The molecule has 2 heterocycles. The molecule has 0 unspecified atom stereocenters. The highest BCUT2D eigenvalue weighted by Gasteiger charge is 2.19. The van der Waals surface area contributed by atoms with Crippen molar-refractivity contribution >= 4 is 5.91 Å². The van der Waals surface area contributed by atoms with Crippen molar-refractivity contribution in [1.29, 1.82) is 0 Å². The molecular formula is C20H31N3O2. The van der Waals surface area contributed by atoms with Gasteiger partial charge in [-0.15, -0.1) is 0 Å². The van der Waals surface area contributed by atoms with E-state index in [4.69, 9.17) is 0 Å². The average molecular weight is 345 g/mol. The molecule has 2 aliphatic rings. The Kier molecular flexibility index (Phi) is 6.84. The Bertz CT molecular complexity index is 540. The van der Waals surface area contributed by atoms with Gasteiger partial charge in [0.15, 0.2) is 0 Å². The van der Waals surface area contributed by atoms with E-state index in [2.05, 4.69) is 27.2 Å². The van der Waals surface area contributed by atoms with Crippen molar-refractivity contribution in [2.45, 2.75) is 32.2 Å². The number of hydrogen-bond acceptors (Lipinski definition) is 4. The Hall–Kier alpha value is -1.43. The van der Waals surface area contributed by atoms with E-state index in [-0.39, 0.29) is 12.5 Å². The zero-order chi connectivity index (χ0) is 17.5. The maximum absolute atomic E-state index is 12.3. The molecule has 3 rings (SSSR count). The number of aliphatic hydroxyl groups excluding tert-OH is 1. The number of carbonyl (C=O) groups excluding carboxylic acids is 1. The predicted octanol–water partition coefficient (Wildman–Crippen LogP) is 1.72. The van der Waals surface area contributed by atoms with Gasteiger partial charge in [-0.3, -0.25) is 9.69 Å². The first kappa shape index (κ1) is 18.4. The lowest BCUT2D eigenvalue weighted by molar-refractivity contribution is 0.0930. The van der Waals surface area contributed by atoms with Crippen LogP contribution in [0.5, 0.6) is 0 Å². The number of rotatable bonds is 7. The van der Waals surface area contributed by atoms with Crippen LogP contribution < -0.4 is 5.32 Å². The van der Waals surface area contributed by atoms with Gasteiger partial charge >= 0.3 is 0 Å². The van der Waals surface area contributed by atoms with Gasteiger partial charge in [-0.05, 0) is 68.9 Å². The second-order valence-corrected chi connectivity index (χ2v) is 7.43. The maximum atomic E-state index is 12.3. The fourth-order valence-corrected chi connectivity index (χ4v) is 3.89. The van der Waals surface area contributed by atoms with Crippen LogP contribution in [-0.2, 0) is 6.54 Å². The third-order valence-corrected chi connectivity index (χ3v) is 5.40. The molecule has 0 aliphatic carbocycles. The second-order valence-electron chi connectivity index (χ2n) is 7.43. The van der Waals surface area contributed by atoms with Crippen LogP contribution in [0.25, 0.3) is 0 Å². The first-order valence-electron chi connectivity index (χ1n) is 9.67. The van der Waals surface area contributed by atoms with Crippen molar-refractivity contribution in [3.8, 4) is 0 Å². The molecule has 138 valence electrons. The summed E-state index contributed by atoms with van der Waals surface area (Å²) < 4.78 is 0. The largest absolute Gasteiger partial charge is 0.396 e. The molecule has 1 aromatic carbocycles. The van der Waals surface area contributed by atoms with Crippen LogP contribution in [0.3, 0.4) is 0 Å². The molecule has 0 aromatic heterocycles. The number of likely N-dealkylation sites (tertiary alicyclic amines) is 2. The summed E-state index contributed by atoms with van der Waals surface area (Å²) in [4.78, 5) is 17.1. The van der Waals surface area contributed by atoms with Crippen LogP contribution in [0, 0.1) is 5.92 Å². The molecule has 0 spiro atoms. The van der Waals surface area contributed by atoms with E-state index in [1.54, 1.807) is 0 Å². The Labute approximate surface area is 151 Å². The normalized spacial score (nSPS) is 22.2. The van der Waals surface area contributed by atoms with E-state index >= 15 is 0 Å². The summed E-state index contributed by atoms with van der Waals surface area (Å²) in [7, 11) is 0. The minimum atomic E-state index is 0.00319. The molecule has 2 N–H and O–H groups in total. The van der Waals surface area contributed by atoms with Gasteiger partial charge in [0, 0.05) is 38.3 Å². The molecule has 2 fully saturated rings. The molecule has 2 aliphatic heterocycles. The summed E-state index contributed by atoms with van der Waals surface area (Å²) >= 11 is 0. The SMILES string of the molecule is O=C(NCCN1CCC[C@@H](CO)C1)c1ccc(CN2CCCC2)cc1. The van der Waals surface area contributed by atoms with Gasteiger partial charge in [0.25, 0.3) is 5.91 Å². The fourth-order valence-electron chi connectivity index (χ4n) is 3.89. The number of amides is 1. The summed E-state index contributed by atoms with van der Waals surface area (Å²) in [6.07, 6.45) is 4.86. The molecule has 5 nitrogen and oxygen atoms in total. The number of carbonyl (C=O) groups is 1. The number of benzene rings is 1. The number of piperidine rings is 1. The van der Waals surface area contributed by atoms with Crippen LogP contribution >= 0.6 is 0 Å². The highest BCUT2D eigenvalue weighted by molar-refractivity contribution is 5.94. The second kappa shape index (κ2) is 9.32. The average Bonchev–Trinajstić information content (AvgIpc) is 3.15. The third kappa shape index (κ3) is 5.53. The Morgan fingerprint density at radius 2 is 1.80 bits per heavy atom. The van der Waals surface area contributed by atoms with Crippen LogP contribution in [0.4, 0.5) is 0 Å². The van der Waals surface area contributed by atoms with Crippen molar-refractivity contribution < 1.29 is 9.90 Å². The molecule has 5 heteroatoms. The van der Waals surface area contributed by atoms with Gasteiger partial charge in [-0.1, -0.05) is 12.1 Å². The third-order valence-electron chi connectivity index (χ3n) is 5.40. The molecule has 1 aromatic rings. The predicted molar refractivity (Wildman–Crippen MR) is 99.5 cm³/mol. The zero-order valence-electron chi connectivity index (χ0n) is 15.1. The molecule has 25 heavy (non-hydrogen) atoms. The van der Waals surface area contributed by atoms with Gasteiger partial charge < -0.3 is 15.3 Å². The number of nitrogens with one attached hydrogen (secondary N) is 1. The van der Waals surface area contributed by atoms with E-state index in [0.29, 0.717) is 12.5 Å². The van der Waals surface area contributed by atoms with Crippen molar-refractivity contribution in [2.75, 3.05) is 45.9 Å². The number of hydrogen-bond donors (Lipinski definition) is 2. The quantitative estimate of drug-likeness (QED) is 0.790. The summed E-state index contributed by atoms with van der Waals surface area (Å²) in [5.41, 5.74) is 2.01. The summed E-state index contributed by atoms with van der Waals surface area (Å²) in [6.45, 7) is 7.16. The van der Waals surface area contributed by atoms with Crippen molar-refractivity contribution in [2.24, 2.45) is 5.92 Å².